The molecule has 2 unspecified atom stereocenters. The minimum Gasteiger partial charge on any atom is -0.473 e. The molecule has 8 nitrogen and oxygen atoms in total. The molecule has 2 rings (SSSR count). The smallest absolute Gasteiger partial charge is 0.414 e. The molecule has 2 aromatic carbocycles. The van der Waals surface area contributed by atoms with Crippen LogP contribution in [0.5, 0.6) is 0 Å². The minimum absolute atomic E-state index is 0.103. The lowest BCUT2D eigenvalue weighted by Gasteiger charge is -2.24. The van der Waals surface area contributed by atoms with Crippen molar-refractivity contribution in [2.75, 3.05) is 27.7 Å². The highest BCUT2D eigenvalue weighted by molar-refractivity contribution is 6.30. The van der Waals surface area contributed by atoms with Crippen molar-refractivity contribution in [1.82, 2.24) is 10.2 Å². The molecule has 0 spiro atoms. The summed E-state index contributed by atoms with van der Waals surface area (Å²) >= 11 is 5.99. The molecule has 2 aromatic rings. The Bertz CT molecular complexity index is 831. The van der Waals surface area contributed by atoms with E-state index >= 15 is 0 Å². The van der Waals surface area contributed by atoms with Crippen molar-refractivity contribution >= 4 is 29.4 Å². The van der Waals surface area contributed by atoms with Crippen LogP contribution in [-0.2, 0) is 19.1 Å². The van der Waals surface area contributed by atoms with Crippen LogP contribution in [0.2, 0.25) is 5.02 Å². The van der Waals surface area contributed by atoms with Crippen LogP contribution in [0, 0.1) is 0 Å². The molecule has 2 atom stereocenters. The van der Waals surface area contributed by atoms with E-state index < -0.39 is 18.0 Å². The highest BCUT2D eigenvalue weighted by atomic mass is 35.5. The lowest BCUT2D eigenvalue weighted by atomic mass is 10.0. The number of carboxylic acids is 2. The number of amides is 1. The summed E-state index contributed by atoms with van der Waals surface area (Å²) in [7, 11) is 5.58. The van der Waals surface area contributed by atoms with Gasteiger partial charge in [-0.1, -0.05) is 54.1 Å². The molecule has 0 radical (unpaired) electrons. The van der Waals surface area contributed by atoms with Gasteiger partial charge in [0.15, 0.2) is 6.10 Å². The van der Waals surface area contributed by atoms with E-state index in [9.17, 15) is 4.79 Å². The molecule has 31 heavy (non-hydrogen) atoms. The molecule has 0 fully saturated rings. The molecule has 0 heterocycles. The summed E-state index contributed by atoms with van der Waals surface area (Å²) in [6.07, 6.45) is 0.168. The predicted molar refractivity (Wildman–Crippen MR) is 117 cm³/mol. The first kappa shape index (κ1) is 26.1. The normalized spacial score (nSPS) is 12.3. The van der Waals surface area contributed by atoms with Gasteiger partial charge in [0.1, 0.15) is 0 Å². The van der Waals surface area contributed by atoms with Gasteiger partial charge in [-0.05, 0) is 50.3 Å². The number of aliphatic carboxylic acids is 2. The summed E-state index contributed by atoms with van der Waals surface area (Å²) in [5.41, 5.74) is 1.87. The molecular formula is C22H27ClN2O6. The summed E-state index contributed by atoms with van der Waals surface area (Å²) in [6, 6.07) is 17.0. The van der Waals surface area contributed by atoms with Crippen LogP contribution >= 0.6 is 11.6 Å². The van der Waals surface area contributed by atoms with Gasteiger partial charge in [-0.2, -0.15) is 0 Å². The fourth-order valence-electron chi connectivity index (χ4n) is 2.67. The Morgan fingerprint density at radius 2 is 1.52 bits per heavy atom. The summed E-state index contributed by atoms with van der Waals surface area (Å²) in [5.74, 6) is -3.79. The maximum absolute atomic E-state index is 12.8. The quantitative estimate of drug-likeness (QED) is 0.529. The molecule has 9 heteroatoms. The number of nitrogens with zero attached hydrogens (tertiary/aromatic N) is 1. The molecule has 0 aliphatic carbocycles. The number of rotatable bonds is 8. The average Bonchev–Trinajstić information content (AvgIpc) is 2.73. The second-order valence-electron chi connectivity index (χ2n) is 6.84. The first-order valence-corrected chi connectivity index (χ1v) is 9.78. The number of hydrogen-bond donors (Lipinski definition) is 3. The largest absolute Gasteiger partial charge is 0.473 e. The van der Waals surface area contributed by atoms with Crippen molar-refractivity contribution in [1.29, 1.82) is 0 Å². The highest BCUT2D eigenvalue weighted by Gasteiger charge is 2.23. The molecule has 0 saturated carbocycles. The van der Waals surface area contributed by atoms with E-state index in [1.54, 1.807) is 7.11 Å². The second-order valence-corrected chi connectivity index (χ2v) is 7.28. The van der Waals surface area contributed by atoms with Crippen molar-refractivity contribution < 1.29 is 29.3 Å². The lowest BCUT2D eigenvalue weighted by Crippen LogP contribution is -2.35. The lowest BCUT2D eigenvalue weighted by molar-refractivity contribution is -0.159. The van der Waals surface area contributed by atoms with Gasteiger partial charge in [0.2, 0.25) is 0 Å². The molecule has 0 saturated heterocycles. The summed E-state index contributed by atoms with van der Waals surface area (Å²) < 4.78 is 5.44. The van der Waals surface area contributed by atoms with Crippen LogP contribution < -0.4 is 5.32 Å². The maximum Gasteiger partial charge on any atom is 0.414 e. The Kier molecular flexibility index (Phi) is 11.3. The van der Waals surface area contributed by atoms with E-state index in [-0.39, 0.29) is 11.9 Å². The van der Waals surface area contributed by atoms with Crippen molar-refractivity contribution in [3.05, 3.63) is 70.7 Å². The number of ether oxygens (including phenoxy) is 1. The predicted octanol–water partition coefficient (Wildman–Crippen LogP) is 2.99. The van der Waals surface area contributed by atoms with Crippen molar-refractivity contribution in [3.63, 3.8) is 0 Å². The standard InChI is InChI=1S/C20H25ClN2O2.C2H2O4/c1-23(2)14-13-18(15-9-11-17(21)12-10-15)22-20(24)19(25-3)16-7-5-4-6-8-16;3-1(4)2(5)6/h4-12,18-19H,13-14H2,1-3H3,(H,22,24);(H,3,4)(H,5,6). The Morgan fingerprint density at radius 1 is 0.968 bits per heavy atom. The zero-order valence-electron chi connectivity index (χ0n) is 17.6. The number of methoxy groups -OCH3 is 1. The molecule has 1 amide bonds. The topological polar surface area (TPSA) is 116 Å². The molecule has 0 bridgehead atoms. The molecular weight excluding hydrogens is 424 g/mol. The molecule has 0 aromatic heterocycles. The average molecular weight is 451 g/mol. The zero-order valence-corrected chi connectivity index (χ0v) is 18.4. The first-order valence-electron chi connectivity index (χ1n) is 9.40. The Balaban J connectivity index is 0.000000703. The van der Waals surface area contributed by atoms with Gasteiger partial charge in [-0.3, -0.25) is 4.79 Å². The molecule has 168 valence electrons. The van der Waals surface area contributed by atoms with E-state index in [0.29, 0.717) is 5.02 Å². The number of halogens is 1. The van der Waals surface area contributed by atoms with Gasteiger partial charge in [0, 0.05) is 12.1 Å². The van der Waals surface area contributed by atoms with Crippen LogP contribution in [-0.4, -0.2) is 60.7 Å². The summed E-state index contributed by atoms with van der Waals surface area (Å²) in [5, 5.41) is 18.6. The van der Waals surface area contributed by atoms with E-state index in [1.165, 1.54) is 0 Å². The van der Waals surface area contributed by atoms with Crippen LogP contribution in [0.15, 0.2) is 54.6 Å². The number of hydrogen-bond acceptors (Lipinski definition) is 5. The van der Waals surface area contributed by atoms with Gasteiger partial charge in [0.25, 0.3) is 5.91 Å². The van der Waals surface area contributed by atoms with Gasteiger partial charge >= 0.3 is 11.9 Å². The van der Waals surface area contributed by atoms with Crippen LogP contribution in [0.3, 0.4) is 0 Å². The van der Waals surface area contributed by atoms with Crippen molar-refractivity contribution in [2.24, 2.45) is 0 Å². The summed E-state index contributed by atoms with van der Waals surface area (Å²) in [4.78, 5) is 33.1. The Labute approximate surface area is 186 Å². The first-order chi connectivity index (χ1) is 14.6. The van der Waals surface area contributed by atoms with Gasteiger partial charge in [-0.15, -0.1) is 0 Å². The summed E-state index contributed by atoms with van der Waals surface area (Å²) in [6.45, 7) is 0.858. The fourth-order valence-corrected chi connectivity index (χ4v) is 2.80. The minimum atomic E-state index is -1.82. The van der Waals surface area contributed by atoms with Gasteiger partial charge in [-0.25, -0.2) is 9.59 Å². The number of carboxylic acid groups (broad SMARTS) is 2. The zero-order chi connectivity index (χ0) is 23.4. The van der Waals surface area contributed by atoms with E-state index in [4.69, 9.17) is 36.1 Å². The molecule has 3 N–H and O–H groups in total. The Morgan fingerprint density at radius 3 is 1.97 bits per heavy atom. The van der Waals surface area contributed by atoms with E-state index in [1.807, 2.05) is 68.7 Å². The van der Waals surface area contributed by atoms with Crippen molar-refractivity contribution in [2.45, 2.75) is 18.6 Å². The van der Waals surface area contributed by atoms with E-state index in [0.717, 1.165) is 24.1 Å². The third-order valence-corrected chi connectivity index (χ3v) is 4.46. The van der Waals surface area contributed by atoms with E-state index in [2.05, 4.69) is 10.2 Å². The Hall–Kier alpha value is -2.94. The molecule has 0 aliphatic heterocycles. The van der Waals surface area contributed by atoms with Crippen molar-refractivity contribution in [3.8, 4) is 0 Å². The monoisotopic (exact) mass is 450 g/mol. The number of carbonyl (C=O) groups is 3. The van der Waals surface area contributed by atoms with Gasteiger partial charge < -0.3 is 25.2 Å². The number of nitrogens with one attached hydrogen (secondary N) is 1. The highest BCUT2D eigenvalue weighted by Crippen LogP contribution is 2.23. The SMILES string of the molecule is COC(C(=O)NC(CCN(C)C)c1ccc(Cl)cc1)c1ccccc1.O=C(O)C(=O)O. The third-order valence-electron chi connectivity index (χ3n) is 4.21. The second kappa shape index (κ2) is 13.4. The fraction of sp³-hybridized carbons (Fsp3) is 0.318. The number of benzene rings is 2. The molecule has 0 aliphatic rings. The number of carbonyl (C=O) groups excluding carboxylic acids is 1. The van der Waals surface area contributed by atoms with Crippen LogP contribution in [0.25, 0.3) is 0 Å². The van der Waals surface area contributed by atoms with Crippen LogP contribution in [0.1, 0.15) is 29.7 Å². The van der Waals surface area contributed by atoms with Crippen LogP contribution in [0.4, 0.5) is 0 Å². The van der Waals surface area contributed by atoms with Gasteiger partial charge in [0.05, 0.1) is 6.04 Å². The maximum atomic E-state index is 12.8. The third kappa shape index (κ3) is 9.61.